The van der Waals surface area contributed by atoms with E-state index in [9.17, 15) is 4.79 Å². The van der Waals surface area contributed by atoms with Crippen molar-refractivity contribution in [2.75, 3.05) is 12.4 Å². The van der Waals surface area contributed by atoms with E-state index in [2.05, 4.69) is 32.6 Å². The van der Waals surface area contributed by atoms with Crippen molar-refractivity contribution in [2.24, 2.45) is 5.10 Å². The standard InChI is InChI=1S/C27H28N6O2S/c1-2-3-7-18-35-24-12-10-21(11-13-24)19-29-30-25(34)20-36-27-32-31-26(22-14-16-28-17-15-22)33(27)23-8-5-4-6-9-23/h4-6,8-17,19H,2-3,7,18,20H2,1H3,(H,30,34)/b29-19+. The molecule has 36 heavy (non-hydrogen) atoms. The lowest BCUT2D eigenvalue weighted by atomic mass is 10.2. The number of carbonyl (C=O) groups excluding carboxylic acids is 1. The average Bonchev–Trinajstić information content (AvgIpc) is 3.36. The van der Waals surface area contributed by atoms with Crippen LogP contribution in [0.15, 0.2) is 89.4 Å². The average molecular weight is 501 g/mol. The second-order valence-corrected chi connectivity index (χ2v) is 8.86. The second-order valence-electron chi connectivity index (χ2n) is 7.92. The molecule has 0 fully saturated rings. The number of thioether (sulfide) groups is 1. The molecule has 0 radical (unpaired) electrons. The van der Waals surface area contributed by atoms with Gasteiger partial charge in [0, 0.05) is 23.6 Å². The van der Waals surface area contributed by atoms with E-state index in [1.165, 1.54) is 24.6 Å². The molecule has 184 valence electrons. The van der Waals surface area contributed by atoms with Crippen LogP contribution in [0, 0.1) is 0 Å². The number of hydrogen-bond donors (Lipinski definition) is 1. The molecule has 0 bridgehead atoms. The highest BCUT2D eigenvalue weighted by Crippen LogP contribution is 2.27. The first-order chi connectivity index (χ1) is 17.7. The third kappa shape index (κ3) is 7.02. The molecule has 0 saturated heterocycles. The third-order valence-corrected chi connectivity index (χ3v) is 6.15. The number of hydrazone groups is 1. The molecule has 4 rings (SSSR count). The summed E-state index contributed by atoms with van der Waals surface area (Å²) >= 11 is 1.30. The maximum Gasteiger partial charge on any atom is 0.250 e. The monoisotopic (exact) mass is 500 g/mol. The minimum absolute atomic E-state index is 0.142. The quantitative estimate of drug-likeness (QED) is 0.125. The summed E-state index contributed by atoms with van der Waals surface area (Å²) in [6.45, 7) is 2.89. The summed E-state index contributed by atoms with van der Waals surface area (Å²) in [5, 5.41) is 13.4. The Morgan fingerprint density at radius 2 is 1.81 bits per heavy atom. The minimum atomic E-state index is -0.236. The lowest BCUT2D eigenvalue weighted by Crippen LogP contribution is -2.20. The highest BCUT2D eigenvalue weighted by molar-refractivity contribution is 7.99. The molecule has 2 aromatic carbocycles. The van der Waals surface area contributed by atoms with Gasteiger partial charge in [-0.25, -0.2) is 5.43 Å². The Bertz CT molecular complexity index is 1260. The van der Waals surface area contributed by atoms with Gasteiger partial charge in [0.2, 0.25) is 0 Å². The van der Waals surface area contributed by atoms with Crippen molar-refractivity contribution in [3.63, 3.8) is 0 Å². The zero-order valence-corrected chi connectivity index (χ0v) is 20.9. The summed E-state index contributed by atoms with van der Waals surface area (Å²) in [7, 11) is 0. The van der Waals surface area contributed by atoms with E-state index in [-0.39, 0.29) is 11.7 Å². The Kier molecular flexibility index (Phi) is 9.21. The highest BCUT2D eigenvalue weighted by atomic mass is 32.2. The van der Waals surface area contributed by atoms with Crippen molar-refractivity contribution in [1.29, 1.82) is 0 Å². The van der Waals surface area contributed by atoms with E-state index in [1.807, 2.05) is 71.3 Å². The van der Waals surface area contributed by atoms with Crippen molar-refractivity contribution in [1.82, 2.24) is 25.2 Å². The smallest absolute Gasteiger partial charge is 0.250 e. The van der Waals surface area contributed by atoms with Crippen LogP contribution in [-0.2, 0) is 4.79 Å². The van der Waals surface area contributed by atoms with Crippen LogP contribution in [0.25, 0.3) is 17.1 Å². The number of aromatic nitrogens is 4. The Morgan fingerprint density at radius 3 is 2.56 bits per heavy atom. The van der Waals surface area contributed by atoms with Crippen molar-refractivity contribution in [3.05, 3.63) is 84.7 Å². The molecule has 0 unspecified atom stereocenters. The molecular weight excluding hydrogens is 472 g/mol. The lowest BCUT2D eigenvalue weighted by Gasteiger charge is -2.10. The van der Waals surface area contributed by atoms with E-state index in [0.29, 0.717) is 11.0 Å². The van der Waals surface area contributed by atoms with Crippen molar-refractivity contribution < 1.29 is 9.53 Å². The molecule has 1 amide bonds. The fraction of sp³-hybridized carbons (Fsp3) is 0.222. The van der Waals surface area contributed by atoms with E-state index < -0.39 is 0 Å². The Hall–Kier alpha value is -3.98. The van der Waals surface area contributed by atoms with Crippen LogP contribution in [0.4, 0.5) is 0 Å². The fourth-order valence-corrected chi connectivity index (χ4v) is 4.14. The van der Waals surface area contributed by atoms with Crippen molar-refractivity contribution in [3.8, 4) is 22.8 Å². The molecule has 8 nitrogen and oxygen atoms in total. The highest BCUT2D eigenvalue weighted by Gasteiger charge is 2.17. The SMILES string of the molecule is CCCCCOc1ccc(/C=N/NC(=O)CSc2nnc(-c3ccncc3)n2-c2ccccc2)cc1. The molecule has 1 N–H and O–H groups in total. The van der Waals surface area contributed by atoms with Crippen LogP contribution in [0.2, 0.25) is 0 Å². The van der Waals surface area contributed by atoms with Gasteiger partial charge < -0.3 is 4.74 Å². The molecule has 0 spiro atoms. The summed E-state index contributed by atoms with van der Waals surface area (Å²) in [5.41, 5.74) is 5.24. The predicted octanol–water partition coefficient (Wildman–Crippen LogP) is 5.14. The molecule has 9 heteroatoms. The zero-order valence-electron chi connectivity index (χ0n) is 20.1. The number of amides is 1. The predicted molar refractivity (Wildman–Crippen MR) is 143 cm³/mol. The number of benzene rings is 2. The number of nitrogens with one attached hydrogen (secondary N) is 1. The lowest BCUT2D eigenvalue weighted by molar-refractivity contribution is -0.118. The van der Waals surface area contributed by atoms with Crippen LogP contribution in [0.3, 0.4) is 0 Å². The Balaban J connectivity index is 1.34. The first kappa shape index (κ1) is 25.1. The van der Waals surface area contributed by atoms with Crippen LogP contribution in [-0.4, -0.2) is 44.2 Å². The van der Waals surface area contributed by atoms with Gasteiger partial charge in [0.25, 0.3) is 5.91 Å². The van der Waals surface area contributed by atoms with Gasteiger partial charge in [0.05, 0.1) is 18.6 Å². The maximum absolute atomic E-state index is 12.4. The van der Waals surface area contributed by atoms with Gasteiger partial charge >= 0.3 is 0 Å². The summed E-state index contributed by atoms with van der Waals surface area (Å²) in [4.78, 5) is 16.5. The zero-order chi connectivity index (χ0) is 25.0. The maximum atomic E-state index is 12.4. The first-order valence-corrected chi connectivity index (χ1v) is 12.8. The number of ether oxygens (including phenoxy) is 1. The number of nitrogens with zero attached hydrogens (tertiary/aromatic N) is 5. The number of hydrogen-bond acceptors (Lipinski definition) is 7. The molecule has 4 aromatic rings. The number of pyridine rings is 1. The Labute approximate surface area is 214 Å². The first-order valence-electron chi connectivity index (χ1n) is 11.8. The number of rotatable bonds is 12. The van der Waals surface area contributed by atoms with Gasteiger partial charge in [0.1, 0.15) is 5.75 Å². The van der Waals surface area contributed by atoms with E-state index in [1.54, 1.807) is 18.6 Å². The largest absolute Gasteiger partial charge is 0.494 e. The van der Waals surface area contributed by atoms with Gasteiger partial charge in [-0.05, 0) is 60.5 Å². The Morgan fingerprint density at radius 1 is 1.03 bits per heavy atom. The van der Waals surface area contributed by atoms with Gasteiger partial charge in [-0.1, -0.05) is 49.7 Å². The molecule has 0 aliphatic carbocycles. The van der Waals surface area contributed by atoms with Crippen LogP contribution < -0.4 is 10.2 Å². The second kappa shape index (κ2) is 13.2. The molecule has 2 aromatic heterocycles. The van der Waals surface area contributed by atoms with Gasteiger partial charge in [-0.3, -0.25) is 14.3 Å². The van der Waals surface area contributed by atoms with Crippen LogP contribution >= 0.6 is 11.8 Å². The summed E-state index contributed by atoms with van der Waals surface area (Å²) < 4.78 is 7.65. The molecule has 0 atom stereocenters. The molecule has 0 saturated carbocycles. The third-order valence-electron chi connectivity index (χ3n) is 5.22. The van der Waals surface area contributed by atoms with E-state index in [4.69, 9.17) is 4.74 Å². The fourth-order valence-electron chi connectivity index (χ4n) is 3.39. The number of carbonyl (C=O) groups is 1. The van der Waals surface area contributed by atoms with E-state index >= 15 is 0 Å². The van der Waals surface area contributed by atoms with Crippen LogP contribution in [0.5, 0.6) is 5.75 Å². The van der Waals surface area contributed by atoms with Gasteiger partial charge in [0.15, 0.2) is 11.0 Å². The van der Waals surface area contributed by atoms with E-state index in [0.717, 1.165) is 35.6 Å². The molecule has 0 aliphatic heterocycles. The molecular formula is C27H28N6O2S. The van der Waals surface area contributed by atoms with Crippen molar-refractivity contribution in [2.45, 2.75) is 31.3 Å². The van der Waals surface area contributed by atoms with Crippen LogP contribution in [0.1, 0.15) is 31.7 Å². The summed E-state index contributed by atoms with van der Waals surface area (Å²) in [5.74, 6) is 1.42. The molecule has 0 aliphatic rings. The number of para-hydroxylation sites is 1. The minimum Gasteiger partial charge on any atom is -0.494 e. The topological polar surface area (TPSA) is 94.3 Å². The normalized spacial score (nSPS) is 11.0. The summed E-state index contributed by atoms with van der Waals surface area (Å²) in [6.07, 6.45) is 8.42. The number of unbranched alkanes of at least 4 members (excludes halogenated alkanes) is 2. The van der Waals surface area contributed by atoms with Crippen molar-refractivity contribution >= 4 is 23.9 Å². The van der Waals surface area contributed by atoms with Gasteiger partial charge in [-0.15, -0.1) is 10.2 Å². The molecule has 2 heterocycles. The van der Waals surface area contributed by atoms with Gasteiger partial charge in [-0.2, -0.15) is 5.10 Å². The summed E-state index contributed by atoms with van der Waals surface area (Å²) in [6, 6.07) is 21.2.